The number of oxazole rings is 1. The molecule has 0 bridgehead atoms. The Morgan fingerprint density at radius 2 is 1.33 bits per heavy atom. The van der Waals surface area contributed by atoms with Gasteiger partial charge in [-0.1, -0.05) is 36.4 Å². The number of aromatic nitrogens is 1. The molecule has 0 aliphatic heterocycles. The molecule has 18 heavy (non-hydrogen) atoms. The zero-order valence-electron chi connectivity index (χ0n) is 9.58. The Hall–Kier alpha value is -2.55. The Kier molecular flexibility index (Phi) is 2.57. The maximum absolute atomic E-state index is 9.25. The number of benzene rings is 2. The van der Waals surface area contributed by atoms with Crippen LogP contribution in [0.4, 0.5) is 0 Å². The molecule has 0 unspecified atom stereocenters. The monoisotopic (exact) mass is 237 g/mol. The molecule has 1 N–H and O–H groups in total. The van der Waals surface area contributed by atoms with Gasteiger partial charge < -0.3 is 9.52 Å². The summed E-state index contributed by atoms with van der Waals surface area (Å²) in [6.45, 7) is 0. The second kappa shape index (κ2) is 4.37. The molecule has 3 aromatic rings. The number of rotatable bonds is 2. The molecule has 3 nitrogen and oxygen atoms in total. The molecule has 3 rings (SSSR count). The molecule has 0 spiro atoms. The third-order valence-electron chi connectivity index (χ3n) is 2.80. The lowest BCUT2D eigenvalue weighted by Gasteiger charge is -2.03. The molecule has 1 aromatic heterocycles. The molecule has 0 saturated carbocycles. The summed E-state index contributed by atoms with van der Waals surface area (Å²) in [4.78, 5) is 3.89. The zero-order valence-corrected chi connectivity index (χ0v) is 9.58. The molecular weight excluding hydrogens is 226 g/mol. The Morgan fingerprint density at radius 1 is 0.778 bits per heavy atom. The number of phenols is 1. The van der Waals surface area contributed by atoms with Crippen molar-refractivity contribution in [2.75, 3.05) is 0 Å². The van der Waals surface area contributed by atoms with Crippen molar-refractivity contribution in [2.24, 2.45) is 0 Å². The predicted octanol–water partition coefficient (Wildman–Crippen LogP) is 3.71. The number of hydrogen-bond donors (Lipinski definition) is 1. The second-order valence-electron chi connectivity index (χ2n) is 3.99. The molecule has 0 saturated heterocycles. The molecule has 0 aliphatic rings. The summed E-state index contributed by atoms with van der Waals surface area (Å²) in [5.41, 5.74) is 3.16. The van der Waals surface area contributed by atoms with E-state index in [2.05, 4.69) is 4.98 Å². The first-order chi connectivity index (χ1) is 8.83. The van der Waals surface area contributed by atoms with Gasteiger partial charge in [0, 0.05) is 5.56 Å². The van der Waals surface area contributed by atoms with Crippen molar-refractivity contribution in [3.05, 3.63) is 61.1 Å². The summed E-state index contributed by atoms with van der Waals surface area (Å²) in [6, 6.07) is 15.1. The lowest BCUT2D eigenvalue weighted by Crippen LogP contribution is -1.78. The maximum Gasteiger partial charge on any atom is 0.181 e. The zero-order chi connectivity index (χ0) is 12.4. The molecular formula is C15H11NO2. The Labute approximate surface area is 104 Å². The Balaban J connectivity index is 1.94. The standard InChI is InChI=1S/C15H11NO2/c17-14-7-5-12(6-8-14)11-1-3-13(4-2-11)15-9-16-10-18-15/h1-10,17H. The molecule has 3 heteroatoms. The normalized spacial score (nSPS) is 10.4. The summed E-state index contributed by atoms with van der Waals surface area (Å²) in [5.74, 6) is 1.03. The van der Waals surface area contributed by atoms with Gasteiger partial charge in [-0.15, -0.1) is 0 Å². The maximum atomic E-state index is 9.25. The third-order valence-corrected chi connectivity index (χ3v) is 2.80. The predicted molar refractivity (Wildman–Crippen MR) is 69.0 cm³/mol. The minimum absolute atomic E-state index is 0.275. The van der Waals surface area contributed by atoms with Crippen molar-refractivity contribution < 1.29 is 9.52 Å². The number of aromatic hydroxyl groups is 1. The summed E-state index contributed by atoms with van der Waals surface area (Å²) in [6.07, 6.45) is 3.11. The summed E-state index contributed by atoms with van der Waals surface area (Å²) >= 11 is 0. The van der Waals surface area contributed by atoms with Gasteiger partial charge in [0.2, 0.25) is 0 Å². The highest BCUT2D eigenvalue weighted by molar-refractivity contribution is 5.68. The van der Waals surface area contributed by atoms with E-state index in [4.69, 9.17) is 4.42 Å². The Morgan fingerprint density at radius 3 is 1.89 bits per heavy atom. The molecule has 0 fully saturated rings. The molecule has 0 atom stereocenters. The van der Waals surface area contributed by atoms with E-state index in [-0.39, 0.29) is 5.75 Å². The van der Waals surface area contributed by atoms with Crippen LogP contribution in [0.5, 0.6) is 5.75 Å². The van der Waals surface area contributed by atoms with Crippen LogP contribution in [0.25, 0.3) is 22.5 Å². The average molecular weight is 237 g/mol. The molecule has 1 heterocycles. The summed E-state index contributed by atoms with van der Waals surface area (Å²) < 4.78 is 5.24. The van der Waals surface area contributed by atoms with Gasteiger partial charge in [-0.3, -0.25) is 0 Å². The van der Waals surface area contributed by atoms with Gasteiger partial charge in [-0.2, -0.15) is 0 Å². The largest absolute Gasteiger partial charge is 0.508 e. The van der Waals surface area contributed by atoms with Crippen molar-refractivity contribution in [3.8, 4) is 28.2 Å². The fourth-order valence-electron chi connectivity index (χ4n) is 1.84. The fourth-order valence-corrected chi connectivity index (χ4v) is 1.84. The van der Waals surface area contributed by atoms with Crippen LogP contribution >= 0.6 is 0 Å². The first kappa shape index (κ1) is 10.6. The smallest absolute Gasteiger partial charge is 0.181 e. The van der Waals surface area contributed by atoms with E-state index in [1.807, 2.05) is 36.4 Å². The van der Waals surface area contributed by atoms with Crippen LogP contribution in [0.3, 0.4) is 0 Å². The molecule has 0 aliphatic carbocycles. The van der Waals surface area contributed by atoms with E-state index in [1.165, 1.54) is 6.39 Å². The van der Waals surface area contributed by atoms with E-state index in [9.17, 15) is 5.11 Å². The quantitative estimate of drug-likeness (QED) is 0.739. The number of nitrogens with zero attached hydrogens (tertiary/aromatic N) is 1. The number of hydrogen-bond acceptors (Lipinski definition) is 3. The van der Waals surface area contributed by atoms with Crippen LogP contribution in [0, 0.1) is 0 Å². The van der Waals surface area contributed by atoms with E-state index >= 15 is 0 Å². The van der Waals surface area contributed by atoms with Crippen molar-refractivity contribution in [1.82, 2.24) is 4.98 Å². The van der Waals surface area contributed by atoms with Crippen molar-refractivity contribution >= 4 is 0 Å². The molecule has 88 valence electrons. The Bertz CT molecular complexity index is 625. The third kappa shape index (κ3) is 1.98. The topological polar surface area (TPSA) is 46.3 Å². The van der Waals surface area contributed by atoms with Crippen LogP contribution in [0.2, 0.25) is 0 Å². The second-order valence-corrected chi connectivity index (χ2v) is 3.99. The van der Waals surface area contributed by atoms with E-state index in [0.29, 0.717) is 0 Å². The van der Waals surface area contributed by atoms with E-state index < -0.39 is 0 Å². The van der Waals surface area contributed by atoms with E-state index in [0.717, 1.165) is 22.5 Å². The molecule has 2 aromatic carbocycles. The van der Waals surface area contributed by atoms with Gasteiger partial charge in [0.15, 0.2) is 12.2 Å². The van der Waals surface area contributed by atoms with Crippen molar-refractivity contribution in [1.29, 1.82) is 0 Å². The van der Waals surface area contributed by atoms with Crippen LogP contribution in [-0.2, 0) is 0 Å². The minimum Gasteiger partial charge on any atom is -0.508 e. The summed E-state index contributed by atoms with van der Waals surface area (Å²) in [7, 11) is 0. The molecule has 0 amide bonds. The van der Waals surface area contributed by atoms with Crippen LogP contribution in [0.15, 0.2) is 65.5 Å². The van der Waals surface area contributed by atoms with Gasteiger partial charge in [-0.05, 0) is 23.3 Å². The highest BCUT2D eigenvalue weighted by Gasteiger charge is 2.02. The van der Waals surface area contributed by atoms with Gasteiger partial charge in [0.1, 0.15) is 5.75 Å². The highest BCUT2D eigenvalue weighted by atomic mass is 16.3. The van der Waals surface area contributed by atoms with Gasteiger partial charge in [0.05, 0.1) is 6.20 Å². The van der Waals surface area contributed by atoms with Gasteiger partial charge in [-0.25, -0.2) is 4.98 Å². The number of phenolic OH excluding ortho intramolecular Hbond substituents is 1. The first-order valence-electron chi connectivity index (χ1n) is 5.61. The highest BCUT2D eigenvalue weighted by Crippen LogP contribution is 2.25. The SMILES string of the molecule is Oc1ccc(-c2ccc(-c3cnco3)cc2)cc1. The van der Waals surface area contributed by atoms with Crippen LogP contribution in [-0.4, -0.2) is 10.1 Å². The van der Waals surface area contributed by atoms with Crippen molar-refractivity contribution in [2.45, 2.75) is 0 Å². The minimum atomic E-state index is 0.275. The lowest BCUT2D eigenvalue weighted by atomic mass is 10.0. The lowest BCUT2D eigenvalue weighted by molar-refractivity contribution is 0.475. The average Bonchev–Trinajstić information content (AvgIpc) is 2.94. The van der Waals surface area contributed by atoms with E-state index in [1.54, 1.807) is 18.3 Å². The van der Waals surface area contributed by atoms with Crippen molar-refractivity contribution in [3.63, 3.8) is 0 Å². The fraction of sp³-hybridized carbons (Fsp3) is 0. The first-order valence-corrected chi connectivity index (χ1v) is 5.61. The van der Waals surface area contributed by atoms with Crippen LogP contribution < -0.4 is 0 Å². The summed E-state index contributed by atoms with van der Waals surface area (Å²) in [5, 5.41) is 9.25. The van der Waals surface area contributed by atoms with Gasteiger partial charge in [0.25, 0.3) is 0 Å². The van der Waals surface area contributed by atoms with Crippen LogP contribution in [0.1, 0.15) is 0 Å². The van der Waals surface area contributed by atoms with Gasteiger partial charge >= 0.3 is 0 Å². The molecule has 0 radical (unpaired) electrons.